The molecule has 1 aromatic heterocycles. The molecule has 142 valence electrons. The van der Waals surface area contributed by atoms with Crippen molar-refractivity contribution >= 4 is 114 Å². The first-order valence-electron chi connectivity index (χ1n) is 6.54. The third kappa shape index (κ3) is 5.68. The molecule has 0 N–H and O–H groups in total. The monoisotopic (exact) mass is 578 g/mol. The van der Waals surface area contributed by atoms with Crippen LogP contribution in [0.1, 0.15) is 11.6 Å². The van der Waals surface area contributed by atoms with E-state index in [2.05, 4.69) is 30.9 Å². The van der Waals surface area contributed by atoms with Gasteiger partial charge in [0.1, 0.15) is 0 Å². The Bertz CT molecular complexity index is 756. The Balaban J connectivity index is 2.59. The molecule has 2 rings (SSSR count). The molecular formula is C13H7BrCl8N4. The maximum Gasteiger partial charge on any atom is 0.250 e. The summed E-state index contributed by atoms with van der Waals surface area (Å²) in [4.78, 5) is 14.0. The average Bonchev–Trinajstić information content (AvgIpc) is 2.55. The van der Waals surface area contributed by atoms with Gasteiger partial charge in [0.05, 0.1) is 17.7 Å². The number of alkyl halides is 8. The maximum atomic E-state index is 5.88. The van der Waals surface area contributed by atoms with Crippen LogP contribution in [-0.2, 0) is 7.59 Å². The van der Waals surface area contributed by atoms with E-state index in [0.717, 1.165) is 5.69 Å². The smallest absolute Gasteiger partial charge is 0.250 e. The van der Waals surface area contributed by atoms with Crippen LogP contribution >= 0.6 is 109 Å². The van der Waals surface area contributed by atoms with Crippen LogP contribution in [0.25, 0.3) is 11.4 Å². The molecule has 0 saturated carbocycles. The lowest BCUT2D eigenvalue weighted by molar-refractivity contribution is 0.851. The van der Waals surface area contributed by atoms with Gasteiger partial charge in [-0.1, -0.05) is 69.6 Å². The minimum Gasteiger partial charge on any atom is -0.343 e. The molecule has 26 heavy (non-hydrogen) atoms. The Morgan fingerprint density at radius 2 is 1.35 bits per heavy atom. The second-order valence-electron chi connectivity index (χ2n) is 4.75. The summed E-state index contributed by atoms with van der Waals surface area (Å²) in [6, 6.07) is 5.66. The normalized spacial score (nSPS) is 12.3. The van der Waals surface area contributed by atoms with Gasteiger partial charge in [-0.3, -0.25) is 0 Å². The second-order valence-corrected chi connectivity index (χ2v) is 10.6. The molecule has 13 heteroatoms. The number of hydrogen-bond donors (Lipinski definition) is 0. The molecule has 4 nitrogen and oxygen atoms in total. The second kappa shape index (κ2) is 9.10. The molecular weight excluding hydrogens is 576 g/mol. The van der Waals surface area contributed by atoms with Gasteiger partial charge in [-0.15, -0.1) is 23.2 Å². The van der Waals surface area contributed by atoms with Gasteiger partial charge < -0.3 is 4.90 Å². The van der Waals surface area contributed by atoms with E-state index >= 15 is 0 Å². The summed E-state index contributed by atoms with van der Waals surface area (Å²) in [7, 11) is 0. The molecule has 0 radical (unpaired) electrons. The molecule has 0 amide bonds. The summed E-state index contributed by atoms with van der Waals surface area (Å²) in [5.74, 6) is -0.174. The van der Waals surface area contributed by atoms with Crippen LogP contribution < -0.4 is 4.90 Å². The van der Waals surface area contributed by atoms with Gasteiger partial charge in [-0.25, -0.2) is 15.0 Å². The summed E-state index contributed by atoms with van der Waals surface area (Å²) in [6.07, 6.45) is 0. The van der Waals surface area contributed by atoms with Crippen molar-refractivity contribution < 1.29 is 0 Å². The number of hydrogen-bond acceptors (Lipinski definition) is 4. The highest BCUT2D eigenvalue weighted by atomic mass is 79.9. The van der Waals surface area contributed by atoms with Gasteiger partial charge in [-0.2, -0.15) is 0 Å². The molecule has 1 heterocycles. The fourth-order valence-electron chi connectivity index (χ4n) is 1.82. The molecule has 0 unspecified atom stereocenters. The molecule has 0 spiro atoms. The Hall–Kier alpha value is 0.830. The van der Waals surface area contributed by atoms with E-state index in [4.69, 9.17) is 92.8 Å². The molecule has 0 saturated heterocycles. The lowest BCUT2D eigenvalue weighted by Crippen LogP contribution is -2.19. The van der Waals surface area contributed by atoms with Crippen molar-refractivity contribution in [3.05, 3.63) is 34.3 Å². The third-order valence-electron chi connectivity index (χ3n) is 2.98. The predicted octanol–water partition coefficient (Wildman–Crippen LogP) is 7.15. The third-order valence-corrected chi connectivity index (χ3v) is 5.20. The number of benzene rings is 1. The molecule has 0 bridgehead atoms. The van der Waals surface area contributed by atoms with Crippen LogP contribution in [0.15, 0.2) is 22.7 Å². The molecule has 0 atom stereocenters. The largest absolute Gasteiger partial charge is 0.343 e. The molecule has 1 aromatic carbocycles. The Morgan fingerprint density at radius 3 is 1.73 bits per heavy atom. The Kier molecular flexibility index (Phi) is 8.09. The summed E-state index contributed by atoms with van der Waals surface area (Å²) in [6.45, 7) is 0. The number of nitrogens with zero attached hydrogens (tertiary/aromatic N) is 4. The first-order chi connectivity index (χ1) is 12.0. The van der Waals surface area contributed by atoms with Crippen LogP contribution in [0, 0.1) is 0 Å². The van der Waals surface area contributed by atoms with E-state index in [1.807, 2.05) is 0 Å². The van der Waals surface area contributed by atoms with Crippen LogP contribution in [0.3, 0.4) is 0 Å². The first kappa shape index (κ1) is 23.1. The van der Waals surface area contributed by atoms with Crippen molar-refractivity contribution in [1.29, 1.82) is 0 Å². The summed E-state index contributed by atoms with van der Waals surface area (Å²) < 4.78 is -3.15. The first-order valence-corrected chi connectivity index (χ1v) is 10.7. The fraction of sp³-hybridized carbons (Fsp3) is 0.308. The van der Waals surface area contributed by atoms with E-state index < -0.39 is 7.59 Å². The van der Waals surface area contributed by atoms with Crippen LogP contribution in [0.2, 0.25) is 0 Å². The SMILES string of the molecule is ClCN(CCl)c1ccc(-c2nc(C(Cl)(Cl)Cl)nc(C(Cl)(Cl)Cl)n2)cc1Br. The zero-order valence-electron chi connectivity index (χ0n) is 12.3. The number of anilines is 1. The zero-order valence-corrected chi connectivity index (χ0v) is 20.0. The van der Waals surface area contributed by atoms with Crippen molar-refractivity contribution in [3.63, 3.8) is 0 Å². The zero-order chi connectivity index (χ0) is 19.7. The van der Waals surface area contributed by atoms with E-state index in [0.29, 0.717) is 10.0 Å². The molecule has 2 aromatic rings. The van der Waals surface area contributed by atoms with E-state index in [9.17, 15) is 0 Å². The van der Waals surface area contributed by atoms with Gasteiger partial charge in [0.25, 0.3) is 0 Å². The average molecular weight is 583 g/mol. The summed E-state index contributed by atoms with van der Waals surface area (Å²) in [5.41, 5.74) is 1.34. The van der Waals surface area contributed by atoms with E-state index in [1.54, 1.807) is 23.1 Å². The van der Waals surface area contributed by atoms with Gasteiger partial charge in [-0.05, 0) is 34.1 Å². The highest BCUT2D eigenvalue weighted by molar-refractivity contribution is 9.10. The maximum absolute atomic E-state index is 5.88. The predicted molar refractivity (Wildman–Crippen MR) is 115 cm³/mol. The lowest BCUT2D eigenvalue weighted by Gasteiger charge is -2.20. The minimum atomic E-state index is -1.92. The summed E-state index contributed by atoms with van der Waals surface area (Å²) >= 11 is 50.5. The Morgan fingerprint density at radius 1 is 0.846 bits per heavy atom. The van der Waals surface area contributed by atoms with Gasteiger partial charge in [0.2, 0.25) is 7.59 Å². The van der Waals surface area contributed by atoms with Crippen molar-refractivity contribution in [2.75, 3.05) is 16.9 Å². The summed E-state index contributed by atoms with van der Waals surface area (Å²) in [5, 5.41) is 0. The van der Waals surface area contributed by atoms with Crippen LogP contribution in [0.4, 0.5) is 5.69 Å². The van der Waals surface area contributed by atoms with Crippen LogP contribution in [0.5, 0.6) is 0 Å². The quantitative estimate of drug-likeness (QED) is 0.284. The highest BCUT2D eigenvalue weighted by Gasteiger charge is 2.34. The van der Waals surface area contributed by atoms with Crippen LogP contribution in [-0.4, -0.2) is 27.0 Å². The number of aromatic nitrogens is 3. The van der Waals surface area contributed by atoms with E-state index in [-0.39, 0.29) is 29.5 Å². The number of rotatable bonds is 4. The molecule has 0 fully saturated rings. The standard InChI is InChI=1S/C13H7BrCl8N4/c14-7-3-6(1-2-8(7)26(4-15)5-16)9-23-10(12(17,18)19)25-11(24-9)13(20,21)22/h1-3H,4-5H2. The fourth-order valence-corrected chi connectivity index (χ4v) is 3.47. The highest BCUT2D eigenvalue weighted by Crippen LogP contribution is 2.41. The van der Waals surface area contributed by atoms with Crippen molar-refractivity contribution in [1.82, 2.24) is 15.0 Å². The van der Waals surface area contributed by atoms with E-state index in [1.165, 1.54) is 0 Å². The minimum absolute atomic E-state index is 0.165. The molecule has 0 aliphatic carbocycles. The van der Waals surface area contributed by atoms with Gasteiger partial charge in [0.15, 0.2) is 17.5 Å². The van der Waals surface area contributed by atoms with Crippen molar-refractivity contribution in [2.24, 2.45) is 0 Å². The molecule has 0 aliphatic heterocycles. The van der Waals surface area contributed by atoms with Gasteiger partial charge in [0, 0.05) is 10.0 Å². The molecule has 0 aliphatic rings. The Labute approximate surface area is 198 Å². The van der Waals surface area contributed by atoms with Gasteiger partial charge >= 0.3 is 0 Å². The lowest BCUT2D eigenvalue weighted by atomic mass is 10.2. The number of halogens is 9. The topological polar surface area (TPSA) is 41.9 Å². The van der Waals surface area contributed by atoms with Crippen molar-refractivity contribution in [2.45, 2.75) is 7.59 Å². The van der Waals surface area contributed by atoms with Crippen molar-refractivity contribution in [3.8, 4) is 11.4 Å².